The van der Waals surface area contributed by atoms with E-state index < -0.39 is 11.9 Å². The second kappa shape index (κ2) is 4.77. The van der Waals surface area contributed by atoms with Gasteiger partial charge in [-0.05, 0) is 24.3 Å². The minimum absolute atomic E-state index is 0.170. The van der Waals surface area contributed by atoms with Crippen LogP contribution in [0.3, 0.4) is 0 Å². The van der Waals surface area contributed by atoms with Crippen LogP contribution in [0.2, 0.25) is 0 Å². The third-order valence-electron chi connectivity index (χ3n) is 2.94. The summed E-state index contributed by atoms with van der Waals surface area (Å²) < 4.78 is 43.7. The average molecular weight is 312 g/mol. The van der Waals surface area contributed by atoms with Gasteiger partial charge in [0.2, 0.25) is 5.76 Å². The first kappa shape index (κ1) is 13.9. The van der Waals surface area contributed by atoms with Crippen molar-refractivity contribution in [1.29, 1.82) is 0 Å². The molecular formula is C14H11F3N2OS. The highest BCUT2D eigenvalue weighted by molar-refractivity contribution is 7.22. The first-order chi connectivity index (χ1) is 9.86. The van der Waals surface area contributed by atoms with Gasteiger partial charge in [0.1, 0.15) is 5.76 Å². The maximum atomic E-state index is 12.6. The summed E-state index contributed by atoms with van der Waals surface area (Å²) in [5, 5.41) is 0.792. The summed E-state index contributed by atoms with van der Waals surface area (Å²) in [6.07, 6.45) is -4.48. The zero-order chi connectivity index (χ0) is 15.2. The van der Waals surface area contributed by atoms with Gasteiger partial charge in [0.05, 0.1) is 10.2 Å². The molecule has 1 aromatic carbocycles. The van der Waals surface area contributed by atoms with Gasteiger partial charge in [-0.3, -0.25) is 0 Å². The van der Waals surface area contributed by atoms with Crippen molar-refractivity contribution in [2.45, 2.75) is 6.18 Å². The summed E-state index contributed by atoms with van der Waals surface area (Å²) in [5.74, 6) is -0.832. The number of rotatable bonds is 2. The highest BCUT2D eigenvalue weighted by Crippen LogP contribution is 2.38. The lowest BCUT2D eigenvalue weighted by Gasteiger charge is -2.05. The highest BCUT2D eigenvalue weighted by Gasteiger charge is 2.35. The molecule has 3 nitrogen and oxygen atoms in total. The molecule has 0 saturated heterocycles. The minimum atomic E-state index is -4.48. The molecule has 0 amide bonds. The van der Waals surface area contributed by atoms with Crippen molar-refractivity contribution in [2.24, 2.45) is 0 Å². The predicted octanol–water partition coefficient (Wildman–Crippen LogP) is 4.64. The largest absolute Gasteiger partial charge is 0.451 e. The van der Waals surface area contributed by atoms with Gasteiger partial charge >= 0.3 is 6.18 Å². The lowest BCUT2D eigenvalue weighted by Crippen LogP contribution is -2.07. The van der Waals surface area contributed by atoms with Crippen molar-refractivity contribution in [3.05, 3.63) is 36.1 Å². The number of alkyl halides is 3. The average Bonchev–Trinajstić information content (AvgIpc) is 3.04. The van der Waals surface area contributed by atoms with Gasteiger partial charge < -0.3 is 9.32 Å². The lowest BCUT2D eigenvalue weighted by molar-refractivity contribution is -0.152. The number of nitrogens with zero attached hydrogens (tertiary/aromatic N) is 2. The molecule has 0 aliphatic heterocycles. The first-order valence-corrected chi connectivity index (χ1v) is 6.92. The van der Waals surface area contributed by atoms with Crippen LogP contribution in [0.5, 0.6) is 0 Å². The van der Waals surface area contributed by atoms with Crippen molar-refractivity contribution < 1.29 is 17.6 Å². The molecule has 0 fully saturated rings. The molecule has 3 aromatic rings. The van der Waals surface area contributed by atoms with Gasteiger partial charge in [-0.25, -0.2) is 4.98 Å². The monoisotopic (exact) mass is 312 g/mol. The van der Waals surface area contributed by atoms with Gasteiger partial charge in [-0.2, -0.15) is 13.2 Å². The Bertz CT molecular complexity index is 789. The zero-order valence-electron chi connectivity index (χ0n) is 11.2. The number of aromatic nitrogens is 1. The van der Waals surface area contributed by atoms with Crippen LogP contribution in [0.25, 0.3) is 21.5 Å². The van der Waals surface area contributed by atoms with E-state index in [0.717, 1.165) is 15.9 Å². The zero-order valence-corrected chi connectivity index (χ0v) is 12.0. The Morgan fingerprint density at radius 2 is 1.90 bits per heavy atom. The summed E-state index contributed by atoms with van der Waals surface area (Å²) in [6.45, 7) is 0. The number of halogens is 3. The highest BCUT2D eigenvalue weighted by atomic mass is 32.1. The molecule has 0 aliphatic carbocycles. The molecule has 0 aliphatic rings. The third-order valence-corrected chi connectivity index (χ3v) is 4.13. The van der Waals surface area contributed by atoms with Crippen molar-refractivity contribution >= 4 is 26.7 Å². The van der Waals surface area contributed by atoms with Gasteiger partial charge in [-0.1, -0.05) is 17.4 Å². The van der Waals surface area contributed by atoms with E-state index in [9.17, 15) is 13.2 Å². The molecule has 7 heteroatoms. The second-order valence-electron chi connectivity index (χ2n) is 4.70. The molecule has 2 heterocycles. The van der Waals surface area contributed by atoms with Crippen LogP contribution in [0.4, 0.5) is 18.3 Å². The molecule has 0 spiro atoms. The van der Waals surface area contributed by atoms with E-state index >= 15 is 0 Å². The quantitative estimate of drug-likeness (QED) is 0.690. The molecule has 0 N–H and O–H groups in total. The summed E-state index contributed by atoms with van der Waals surface area (Å²) in [4.78, 5) is 6.32. The Morgan fingerprint density at radius 3 is 2.52 bits per heavy atom. The topological polar surface area (TPSA) is 29.3 Å². The van der Waals surface area contributed by atoms with Crippen LogP contribution in [0.1, 0.15) is 5.76 Å². The Hall–Kier alpha value is -2.02. The van der Waals surface area contributed by atoms with Crippen molar-refractivity contribution in [3.8, 4) is 11.3 Å². The molecule has 0 atom stereocenters. The minimum Gasteiger partial charge on any atom is -0.451 e. The van der Waals surface area contributed by atoms with Gasteiger partial charge in [0.15, 0.2) is 5.13 Å². The lowest BCUT2D eigenvalue weighted by atomic mass is 10.1. The number of hydrogen-bond donors (Lipinski definition) is 0. The molecule has 0 saturated carbocycles. The standard InChI is InChI=1S/C14H11F3N2OS/c1-19(2)13-18-12-8(4-3-5-10(12)21-13)9-6-7-11(20-9)14(15,16)17/h3-7H,1-2H3. The molecule has 0 bridgehead atoms. The Labute approximate surface area is 122 Å². The van der Waals surface area contributed by atoms with Gasteiger partial charge in [-0.15, -0.1) is 0 Å². The van der Waals surface area contributed by atoms with Crippen LogP contribution in [0, 0.1) is 0 Å². The number of thiazole rings is 1. The van der Waals surface area contributed by atoms with E-state index in [1.807, 2.05) is 25.1 Å². The predicted molar refractivity (Wildman–Crippen MR) is 76.7 cm³/mol. The molecule has 21 heavy (non-hydrogen) atoms. The normalized spacial score (nSPS) is 12.0. The first-order valence-electron chi connectivity index (χ1n) is 6.10. The Morgan fingerprint density at radius 1 is 1.14 bits per heavy atom. The summed E-state index contributed by atoms with van der Waals surface area (Å²) in [7, 11) is 3.73. The third kappa shape index (κ3) is 2.49. The second-order valence-corrected chi connectivity index (χ2v) is 5.71. The molecular weight excluding hydrogens is 301 g/mol. The van der Waals surface area contributed by atoms with E-state index in [2.05, 4.69) is 4.98 Å². The fourth-order valence-electron chi connectivity index (χ4n) is 1.96. The Kier molecular flexibility index (Phi) is 3.16. The fourth-order valence-corrected chi connectivity index (χ4v) is 2.88. The summed E-state index contributed by atoms with van der Waals surface area (Å²) in [6, 6.07) is 7.64. The number of hydrogen-bond acceptors (Lipinski definition) is 4. The number of benzene rings is 1. The maximum Gasteiger partial charge on any atom is 0.449 e. The maximum absolute atomic E-state index is 12.6. The summed E-state index contributed by atoms with van der Waals surface area (Å²) in [5.41, 5.74) is 1.21. The van der Waals surface area contributed by atoms with Crippen molar-refractivity contribution in [3.63, 3.8) is 0 Å². The smallest absolute Gasteiger partial charge is 0.449 e. The van der Waals surface area contributed by atoms with Gasteiger partial charge in [0.25, 0.3) is 0 Å². The van der Waals surface area contributed by atoms with Crippen LogP contribution in [-0.2, 0) is 6.18 Å². The molecule has 0 unspecified atom stereocenters. The molecule has 3 rings (SSSR count). The number of anilines is 1. The van der Waals surface area contributed by atoms with Crippen LogP contribution in [0.15, 0.2) is 34.7 Å². The van der Waals surface area contributed by atoms with Crippen molar-refractivity contribution in [1.82, 2.24) is 4.98 Å². The van der Waals surface area contributed by atoms with E-state index in [4.69, 9.17) is 4.42 Å². The van der Waals surface area contributed by atoms with Crippen LogP contribution in [-0.4, -0.2) is 19.1 Å². The number of furan rings is 1. The van der Waals surface area contributed by atoms with E-state index in [-0.39, 0.29) is 5.76 Å². The molecule has 0 radical (unpaired) electrons. The molecule has 2 aromatic heterocycles. The van der Waals surface area contributed by atoms with Crippen LogP contribution < -0.4 is 4.90 Å². The van der Waals surface area contributed by atoms with E-state index in [0.29, 0.717) is 11.1 Å². The Balaban J connectivity index is 2.14. The van der Waals surface area contributed by atoms with Gasteiger partial charge in [0, 0.05) is 19.7 Å². The summed E-state index contributed by atoms with van der Waals surface area (Å²) >= 11 is 1.48. The van der Waals surface area contributed by atoms with Crippen molar-refractivity contribution in [2.75, 3.05) is 19.0 Å². The van der Waals surface area contributed by atoms with E-state index in [1.165, 1.54) is 17.4 Å². The fraction of sp³-hybridized carbons (Fsp3) is 0.214. The number of fused-ring (bicyclic) bond motifs is 1. The number of para-hydroxylation sites is 1. The van der Waals surface area contributed by atoms with E-state index in [1.54, 1.807) is 12.1 Å². The SMILES string of the molecule is CN(C)c1nc2c(-c3ccc(C(F)(F)F)o3)cccc2s1. The molecule has 110 valence electrons. The van der Waals surface area contributed by atoms with Crippen LogP contribution >= 0.6 is 11.3 Å².